The molecular weight excluding hydrogens is 269 g/mol. The third kappa shape index (κ3) is 2.40. The van der Waals surface area contributed by atoms with Gasteiger partial charge in [-0.25, -0.2) is 4.98 Å². The van der Waals surface area contributed by atoms with Crippen LogP contribution in [0.2, 0.25) is 10.0 Å². The molecule has 0 saturated heterocycles. The fraction of sp³-hybridized carbons (Fsp3) is 0.0769. The highest BCUT2D eigenvalue weighted by molar-refractivity contribution is 6.35. The monoisotopic (exact) mass is 277 g/mol. The quantitative estimate of drug-likeness (QED) is 0.890. The zero-order chi connectivity index (χ0) is 13.1. The van der Waals surface area contributed by atoms with Crippen molar-refractivity contribution in [1.29, 1.82) is 5.26 Å². The van der Waals surface area contributed by atoms with Gasteiger partial charge in [0, 0.05) is 6.20 Å². The lowest BCUT2D eigenvalue weighted by Gasteiger charge is -2.12. The van der Waals surface area contributed by atoms with Gasteiger partial charge >= 0.3 is 0 Å². The molecule has 3 nitrogen and oxygen atoms in total. The molecule has 0 unspecified atom stereocenters. The first-order chi connectivity index (χ1) is 8.63. The SMILES string of the molecule is Cc1cccc(Cl)c1Nc1nccc(C#N)c1Cl. The summed E-state index contributed by atoms with van der Waals surface area (Å²) >= 11 is 12.2. The number of hydrogen-bond donors (Lipinski definition) is 1. The van der Waals surface area contributed by atoms with Crippen LogP contribution in [0, 0.1) is 18.3 Å². The first-order valence-electron chi connectivity index (χ1n) is 5.20. The lowest BCUT2D eigenvalue weighted by Crippen LogP contribution is -1.98. The Hall–Kier alpha value is -1.76. The van der Waals surface area contributed by atoms with Gasteiger partial charge < -0.3 is 5.32 Å². The second-order valence-electron chi connectivity index (χ2n) is 3.69. The molecule has 1 aromatic carbocycles. The van der Waals surface area contributed by atoms with Crippen LogP contribution < -0.4 is 5.32 Å². The van der Waals surface area contributed by atoms with Gasteiger partial charge in [0.05, 0.1) is 16.3 Å². The molecule has 0 aliphatic carbocycles. The Labute approximate surface area is 115 Å². The second kappa shape index (κ2) is 5.26. The number of halogens is 2. The number of benzene rings is 1. The van der Waals surface area contributed by atoms with Crippen LogP contribution in [-0.2, 0) is 0 Å². The van der Waals surface area contributed by atoms with Crippen molar-refractivity contribution >= 4 is 34.7 Å². The maximum Gasteiger partial charge on any atom is 0.150 e. The van der Waals surface area contributed by atoms with E-state index in [0.717, 1.165) is 11.3 Å². The average molecular weight is 278 g/mol. The highest BCUT2D eigenvalue weighted by Crippen LogP contribution is 2.31. The van der Waals surface area contributed by atoms with Crippen molar-refractivity contribution in [2.75, 3.05) is 5.32 Å². The number of para-hydroxylation sites is 1. The summed E-state index contributed by atoms with van der Waals surface area (Å²) in [4.78, 5) is 4.11. The maximum atomic E-state index is 8.90. The third-order valence-corrected chi connectivity index (χ3v) is 3.17. The fourth-order valence-electron chi connectivity index (χ4n) is 1.53. The number of rotatable bonds is 2. The van der Waals surface area contributed by atoms with Gasteiger partial charge in [-0.1, -0.05) is 35.3 Å². The molecule has 0 aliphatic heterocycles. The Bertz CT molecular complexity index is 612. The minimum absolute atomic E-state index is 0.291. The number of aromatic nitrogens is 1. The van der Waals surface area contributed by atoms with Crippen molar-refractivity contribution < 1.29 is 0 Å². The summed E-state index contributed by atoms with van der Waals surface area (Å²) in [5.41, 5.74) is 2.09. The lowest BCUT2D eigenvalue weighted by atomic mass is 10.2. The molecule has 1 N–H and O–H groups in total. The van der Waals surface area contributed by atoms with E-state index in [1.807, 2.05) is 25.1 Å². The van der Waals surface area contributed by atoms with Crippen LogP contribution in [0.1, 0.15) is 11.1 Å². The predicted molar refractivity (Wildman–Crippen MR) is 73.4 cm³/mol. The van der Waals surface area contributed by atoms with Crippen LogP contribution >= 0.6 is 23.2 Å². The minimum Gasteiger partial charge on any atom is -0.338 e. The highest BCUT2D eigenvalue weighted by Gasteiger charge is 2.10. The first kappa shape index (κ1) is 12.7. The molecule has 5 heteroatoms. The third-order valence-electron chi connectivity index (χ3n) is 2.48. The molecule has 0 fully saturated rings. The Kier molecular flexibility index (Phi) is 3.71. The fourth-order valence-corrected chi connectivity index (χ4v) is 2.00. The number of hydrogen-bond acceptors (Lipinski definition) is 3. The molecule has 0 spiro atoms. The van der Waals surface area contributed by atoms with Crippen molar-refractivity contribution in [2.24, 2.45) is 0 Å². The van der Waals surface area contributed by atoms with Crippen molar-refractivity contribution in [3.8, 4) is 6.07 Å². The number of nitriles is 1. The molecule has 0 bridgehead atoms. The van der Waals surface area contributed by atoms with Crippen molar-refractivity contribution in [1.82, 2.24) is 4.98 Å². The topological polar surface area (TPSA) is 48.7 Å². The van der Waals surface area contributed by atoms with Gasteiger partial charge in [-0.05, 0) is 24.6 Å². The summed E-state index contributed by atoms with van der Waals surface area (Å²) in [6.45, 7) is 1.93. The molecule has 2 rings (SSSR count). The van der Waals surface area contributed by atoms with E-state index in [9.17, 15) is 0 Å². The molecule has 0 radical (unpaired) electrons. The molecule has 0 atom stereocenters. The number of nitrogens with zero attached hydrogens (tertiary/aromatic N) is 2. The van der Waals surface area contributed by atoms with Gasteiger partial charge in [0.2, 0.25) is 0 Å². The van der Waals surface area contributed by atoms with Gasteiger partial charge in [0.15, 0.2) is 5.82 Å². The lowest BCUT2D eigenvalue weighted by molar-refractivity contribution is 1.28. The van der Waals surface area contributed by atoms with Crippen molar-refractivity contribution in [3.05, 3.63) is 51.6 Å². The summed E-state index contributed by atoms with van der Waals surface area (Å²) in [5, 5.41) is 12.8. The Morgan fingerprint density at radius 3 is 2.72 bits per heavy atom. The Balaban J connectivity index is 2.44. The van der Waals surface area contributed by atoms with Crippen LogP contribution in [0.25, 0.3) is 0 Å². The zero-order valence-electron chi connectivity index (χ0n) is 9.54. The molecule has 90 valence electrons. The van der Waals surface area contributed by atoms with Crippen molar-refractivity contribution in [3.63, 3.8) is 0 Å². The van der Waals surface area contributed by atoms with Gasteiger partial charge in [-0.2, -0.15) is 5.26 Å². The molecule has 0 amide bonds. The first-order valence-corrected chi connectivity index (χ1v) is 5.96. The van der Waals surface area contributed by atoms with E-state index in [0.29, 0.717) is 21.4 Å². The standard InChI is InChI=1S/C13H9Cl2N3/c1-8-3-2-4-10(14)12(8)18-13-11(15)9(7-16)5-6-17-13/h2-6H,1H3,(H,17,18). The smallest absolute Gasteiger partial charge is 0.150 e. The minimum atomic E-state index is 0.291. The number of aryl methyl sites for hydroxylation is 1. The molecule has 2 aromatic rings. The normalized spacial score (nSPS) is 9.89. The van der Waals surface area contributed by atoms with E-state index >= 15 is 0 Å². The van der Waals surface area contributed by atoms with Crippen LogP contribution in [0.5, 0.6) is 0 Å². The van der Waals surface area contributed by atoms with Crippen LogP contribution in [0.4, 0.5) is 11.5 Å². The van der Waals surface area contributed by atoms with Gasteiger partial charge in [-0.3, -0.25) is 0 Å². The Morgan fingerprint density at radius 2 is 2.06 bits per heavy atom. The van der Waals surface area contributed by atoms with E-state index in [2.05, 4.69) is 10.3 Å². The van der Waals surface area contributed by atoms with Crippen molar-refractivity contribution in [2.45, 2.75) is 6.92 Å². The summed E-state index contributed by atoms with van der Waals surface area (Å²) in [6, 6.07) is 9.14. The summed E-state index contributed by atoms with van der Waals surface area (Å²) in [5.74, 6) is 0.423. The van der Waals surface area contributed by atoms with Crippen LogP contribution in [-0.4, -0.2) is 4.98 Å². The molecule has 1 aromatic heterocycles. The number of nitrogens with one attached hydrogen (secondary N) is 1. The van der Waals surface area contributed by atoms with E-state index in [1.165, 1.54) is 6.20 Å². The summed E-state index contributed by atoms with van der Waals surface area (Å²) < 4.78 is 0. The van der Waals surface area contributed by atoms with Gasteiger partial charge in [-0.15, -0.1) is 0 Å². The number of anilines is 2. The largest absolute Gasteiger partial charge is 0.338 e. The molecule has 1 heterocycles. The van der Waals surface area contributed by atoms with E-state index < -0.39 is 0 Å². The average Bonchev–Trinajstić information content (AvgIpc) is 2.36. The van der Waals surface area contributed by atoms with Crippen LogP contribution in [0.3, 0.4) is 0 Å². The van der Waals surface area contributed by atoms with Gasteiger partial charge in [0.1, 0.15) is 11.1 Å². The summed E-state index contributed by atoms with van der Waals surface area (Å²) in [7, 11) is 0. The molecule has 0 aliphatic rings. The van der Waals surface area contributed by atoms with E-state index in [-0.39, 0.29) is 0 Å². The van der Waals surface area contributed by atoms with E-state index in [4.69, 9.17) is 28.5 Å². The molecule has 18 heavy (non-hydrogen) atoms. The molecular formula is C13H9Cl2N3. The maximum absolute atomic E-state index is 8.90. The summed E-state index contributed by atoms with van der Waals surface area (Å²) in [6.07, 6.45) is 1.53. The highest BCUT2D eigenvalue weighted by atomic mass is 35.5. The Morgan fingerprint density at radius 1 is 1.28 bits per heavy atom. The van der Waals surface area contributed by atoms with Gasteiger partial charge in [0.25, 0.3) is 0 Å². The van der Waals surface area contributed by atoms with Crippen LogP contribution in [0.15, 0.2) is 30.5 Å². The zero-order valence-corrected chi connectivity index (χ0v) is 11.0. The second-order valence-corrected chi connectivity index (χ2v) is 4.47. The van der Waals surface area contributed by atoms with E-state index in [1.54, 1.807) is 12.1 Å². The number of pyridine rings is 1. The molecule has 0 saturated carbocycles. The predicted octanol–water partition coefficient (Wildman–Crippen LogP) is 4.31.